The van der Waals surface area contributed by atoms with Crippen molar-refractivity contribution in [2.75, 3.05) is 52.2 Å². The monoisotopic (exact) mass is 623 g/mol. The number of carbonyl (C=O) groups is 1. The van der Waals surface area contributed by atoms with Gasteiger partial charge in [-0.2, -0.15) is 0 Å². The van der Waals surface area contributed by atoms with E-state index in [-0.39, 0.29) is 18.1 Å². The lowest BCUT2D eigenvalue weighted by atomic mass is 10.00. The van der Waals surface area contributed by atoms with E-state index in [1.807, 2.05) is 30.3 Å². The number of amides is 1. The molecule has 44 heavy (non-hydrogen) atoms. The van der Waals surface area contributed by atoms with Gasteiger partial charge in [0.15, 0.2) is 5.13 Å². The van der Waals surface area contributed by atoms with Crippen LogP contribution in [0.4, 0.5) is 9.93 Å². The summed E-state index contributed by atoms with van der Waals surface area (Å²) in [5, 5.41) is 19.0. The summed E-state index contributed by atoms with van der Waals surface area (Å²) in [6.45, 7) is 8.56. The first-order valence-corrected chi connectivity index (χ1v) is 16.9. The summed E-state index contributed by atoms with van der Waals surface area (Å²) < 4.78 is 12.9. The number of hydrogen-bond donors (Lipinski definition) is 3. The lowest BCUT2D eigenvalue weighted by molar-refractivity contribution is 0.0450. The standard InChI is InChI=1S/C34H49N5O4S/c1-23(2)19-39(20-25-13-14-27-32(18-25)44-33(36-27)35-15-16-38(3)4)21-29(40)28(17-24-9-6-5-7-10-24)37-34(41)43-31-22-42-30-12-8-11-26(30)31/h5-7,9-10,13-14,18,23,26,28-31,40H,8,11-12,15-17,19-22H2,1-4H3,(H,35,36)(H,37,41). The molecule has 1 amide bonds. The van der Waals surface area contributed by atoms with Gasteiger partial charge in [0.1, 0.15) is 6.10 Å². The lowest BCUT2D eigenvalue weighted by Crippen LogP contribution is -2.50. The van der Waals surface area contributed by atoms with E-state index in [4.69, 9.17) is 14.5 Å². The molecule has 0 bridgehead atoms. The Morgan fingerprint density at radius 3 is 2.73 bits per heavy atom. The van der Waals surface area contributed by atoms with Crippen molar-refractivity contribution in [1.29, 1.82) is 0 Å². The quantitative estimate of drug-likeness (QED) is 0.218. The van der Waals surface area contributed by atoms with Crippen LogP contribution in [0.25, 0.3) is 10.2 Å². The second-order valence-electron chi connectivity index (χ2n) is 13.1. The van der Waals surface area contributed by atoms with Gasteiger partial charge in [0.2, 0.25) is 0 Å². The minimum atomic E-state index is -0.791. The summed E-state index contributed by atoms with van der Waals surface area (Å²) in [4.78, 5) is 22.3. The number of nitrogens with one attached hydrogen (secondary N) is 2. The van der Waals surface area contributed by atoms with E-state index in [2.05, 4.69) is 66.6 Å². The molecule has 3 aromatic rings. The molecule has 2 aliphatic rings. The number of nitrogens with zero attached hydrogens (tertiary/aromatic N) is 3. The number of carbonyl (C=O) groups excluding carboxylic acids is 1. The summed E-state index contributed by atoms with van der Waals surface area (Å²) in [7, 11) is 4.13. The van der Waals surface area contributed by atoms with Crippen LogP contribution in [0.1, 0.15) is 44.2 Å². The Hall–Kier alpha value is -2.76. The lowest BCUT2D eigenvalue weighted by Gasteiger charge is -2.31. The van der Waals surface area contributed by atoms with E-state index in [9.17, 15) is 9.90 Å². The first-order valence-electron chi connectivity index (χ1n) is 16.0. The Balaban J connectivity index is 1.25. The molecule has 9 nitrogen and oxygen atoms in total. The molecule has 5 unspecified atom stereocenters. The van der Waals surface area contributed by atoms with Crippen LogP contribution in [0.15, 0.2) is 48.5 Å². The van der Waals surface area contributed by atoms with Gasteiger partial charge < -0.3 is 30.1 Å². The van der Waals surface area contributed by atoms with Crippen molar-refractivity contribution in [3.8, 4) is 0 Å². The zero-order valence-corrected chi connectivity index (χ0v) is 27.4. The normalized spacial score (nSPS) is 21.2. The Kier molecular flexibility index (Phi) is 11.5. The minimum Gasteiger partial charge on any atom is -0.443 e. The number of fused-ring (bicyclic) bond motifs is 2. The molecule has 5 rings (SSSR count). The van der Waals surface area contributed by atoms with Crippen LogP contribution in [-0.2, 0) is 22.4 Å². The van der Waals surface area contributed by atoms with Gasteiger partial charge in [0.05, 0.1) is 35.1 Å². The summed E-state index contributed by atoms with van der Waals surface area (Å²) >= 11 is 1.67. The molecule has 1 aliphatic carbocycles. The highest BCUT2D eigenvalue weighted by atomic mass is 32.1. The van der Waals surface area contributed by atoms with Gasteiger partial charge in [0, 0.05) is 38.6 Å². The highest BCUT2D eigenvalue weighted by Crippen LogP contribution is 2.37. The number of hydrogen-bond acceptors (Lipinski definition) is 9. The first kappa shape index (κ1) is 32.6. The molecule has 0 spiro atoms. The van der Waals surface area contributed by atoms with E-state index in [1.54, 1.807) is 11.3 Å². The van der Waals surface area contributed by atoms with E-state index < -0.39 is 18.2 Å². The number of aromatic nitrogens is 1. The number of aliphatic hydroxyl groups is 1. The third kappa shape index (κ3) is 9.14. The third-order valence-corrected chi connectivity index (χ3v) is 9.52. The maximum absolute atomic E-state index is 13.1. The molecule has 2 heterocycles. The molecule has 3 N–H and O–H groups in total. The highest BCUT2D eigenvalue weighted by Gasteiger charge is 2.42. The Bertz CT molecular complexity index is 1340. The van der Waals surface area contributed by atoms with E-state index in [1.165, 1.54) is 5.56 Å². The van der Waals surface area contributed by atoms with Crippen molar-refractivity contribution in [2.24, 2.45) is 11.8 Å². The molecule has 10 heteroatoms. The number of aliphatic hydroxyl groups excluding tert-OH is 1. The van der Waals surface area contributed by atoms with Gasteiger partial charge >= 0.3 is 6.09 Å². The number of rotatable bonds is 15. The van der Waals surface area contributed by atoms with Gasteiger partial charge in [-0.15, -0.1) is 0 Å². The third-order valence-electron chi connectivity index (χ3n) is 8.54. The largest absolute Gasteiger partial charge is 0.443 e. The summed E-state index contributed by atoms with van der Waals surface area (Å²) in [6, 6.07) is 15.9. The fourth-order valence-corrected chi connectivity index (χ4v) is 7.38. The SMILES string of the molecule is CC(C)CN(Cc1ccc2nc(NCCN(C)C)sc2c1)CC(O)C(Cc1ccccc1)NC(=O)OC1COC2CCCC21. The Morgan fingerprint density at radius 1 is 1.14 bits per heavy atom. The average molecular weight is 624 g/mol. The predicted octanol–water partition coefficient (Wildman–Crippen LogP) is 4.99. The average Bonchev–Trinajstić information content (AvgIpc) is 3.70. The Morgan fingerprint density at radius 2 is 1.95 bits per heavy atom. The molecule has 1 aromatic heterocycles. The minimum absolute atomic E-state index is 0.207. The molecule has 1 saturated carbocycles. The number of anilines is 1. The maximum Gasteiger partial charge on any atom is 0.407 e. The molecule has 2 aromatic carbocycles. The second-order valence-corrected chi connectivity index (χ2v) is 14.1. The van der Waals surface area contributed by atoms with Crippen molar-refractivity contribution < 1.29 is 19.4 Å². The number of alkyl carbamates (subject to hydrolysis) is 1. The molecule has 2 fully saturated rings. The van der Waals surface area contributed by atoms with Crippen molar-refractivity contribution in [3.05, 3.63) is 59.7 Å². The van der Waals surface area contributed by atoms with E-state index in [0.717, 1.165) is 59.8 Å². The molecular formula is C34H49N5O4S. The van der Waals surface area contributed by atoms with Gasteiger partial charge in [-0.3, -0.25) is 4.90 Å². The van der Waals surface area contributed by atoms with Gasteiger partial charge in [0.25, 0.3) is 0 Å². The number of thiazole rings is 1. The topological polar surface area (TPSA) is 99.2 Å². The van der Waals surface area contributed by atoms with Crippen LogP contribution in [0.3, 0.4) is 0 Å². The van der Waals surface area contributed by atoms with Crippen LogP contribution in [0, 0.1) is 11.8 Å². The van der Waals surface area contributed by atoms with E-state index >= 15 is 0 Å². The zero-order chi connectivity index (χ0) is 31.1. The molecule has 1 saturated heterocycles. The van der Waals surface area contributed by atoms with Crippen LogP contribution in [-0.4, -0.2) is 97.2 Å². The Labute approximate surface area is 265 Å². The van der Waals surface area contributed by atoms with Gasteiger partial charge in [-0.05, 0) is 62.5 Å². The van der Waals surface area contributed by atoms with Crippen LogP contribution < -0.4 is 10.6 Å². The fraction of sp³-hybridized carbons (Fsp3) is 0.588. The van der Waals surface area contributed by atoms with Crippen molar-refractivity contribution in [1.82, 2.24) is 20.1 Å². The number of likely N-dealkylation sites (N-methyl/N-ethyl adjacent to an activating group) is 1. The number of benzene rings is 2. The molecule has 1 aliphatic heterocycles. The van der Waals surface area contributed by atoms with Crippen molar-refractivity contribution in [2.45, 2.75) is 70.4 Å². The molecular weight excluding hydrogens is 574 g/mol. The molecule has 0 radical (unpaired) electrons. The zero-order valence-electron chi connectivity index (χ0n) is 26.6. The van der Waals surface area contributed by atoms with Crippen LogP contribution >= 0.6 is 11.3 Å². The summed E-state index contributed by atoms with van der Waals surface area (Å²) in [5.74, 6) is 0.689. The van der Waals surface area contributed by atoms with Gasteiger partial charge in [-0.25, -0.2) is 9.78 Å². The molecule has 240 valence electrons. The van der Waals surface area contributed by atoms with Crippen LogP contribution in [0.5, 0.6) is 0 Å². The van der Waals surface area contributed by atoms with Crippen molar-refractivity contribution >= 4 is 32.8 Å². The smallest absolute Gasteiger partial charge is 0.407 e. The van der Waals surface area contributed by atoms with E-state index in [0.29, 0.717) is 32.0 Å². The second kappa shape index (κ2) is 15.5. The van der Waals surface area contributed by atoms with Gasteiger partial charge in [-0.1, -0.05) is 68.0 Å². The maximum atomic E-state index is 13.1. The predicted molar refractivity (Wildman–Crippen MR) is 177 cm³/mol. The summed E-state index contributed by atoms with van der Waals surface area (Å²) in [5.41, 5.74) is 3.22. The summed E-state index contributed by atoms with van der Waals surface area (Å²) in [6.07, 6.45) is 2.41. The fourth-order valence-electron chi connectivity index (χ4n) is 6.42. The highest BCUT2D eigenvalue weighted by molar-refractivity contribution is 7.22. The first-order chi connectivity index (χ1) is 21.2. The van der Waals surface area contributed by atoms with Crippen molar-refractivity contribution in [3.63, 3.8) is 0 Å². The molecule has 5 atom stereocenters. The van der Waals surface area contributed by atoms with Crippen LogP contribution in [0.2, 0.25) is 0 Å². The number of ether oxygens (including phenoxy) is 2.